The van der Waals surface area contributed by atoms with E-state index in [0.29, 0.717) is 24.0 Å². The lowest BCUT2D eigenvalue weighted by molar-refractivity contribution is 0.132. The van der Waals surface area contributed by atoms with Crippen LogP contribution in [0.2, 0.25) is 0 Å². The Morgan fingerprint density at radius 3 is 1.72 bits per heavy atom. The quantitative estimate of drug-likeness (QED) is 0.690. The van der Waals surface area contributed by atoms with Gasteiger partial charge in [-0.2, -0.15) is 0 Å². The molecule has 1 aromatic carbocycles. The minimum absolute atomic E-state index is 0.531. The molecule has 0 fully saturated rings. The van der Waals surface area contributed by atoms with E-state index in [2.05, 4.69) is 63.8 Å². The summed E-state index contributed by atoms with van der Waals surface area (Å²) in [5.41, 5.74) is 6.23. The van der Waals surface area contributed by atoms with Crippen LogP contribution in [0.1, 0.15) is 57.8 Å². The maximum atomic E-state index is 2.72. The van der Waals surface area contributed by atoms with Crippen LogP contribution in [0.25, 0.3) is 0 Å². The molecule has 96 valence electrons. The molecule has 2 bridgehead atoms. The van der Waals surface area contributed by atoms with Gasteiger partial charge in [-0.25, -0.2) is 0 Å². The zero-order chi connectivity index (χ0) is 13.0. The third-order valence-electron chi connectivity index (χ3n) is 5.06. The van der Waals surface area contributed by atoms with Gasteiger partial charge < -0.3 is 0 Å². The lowest BCUT2D eigenvalue weighted by Crippen LogP contribution is -2.35. The molecule has 0 amide bonds. The van der Waals surface area contributed by atoms with Gasteiger partial charge in [-0.05, 0) is 37.8 Å². The van der Waals surface area contributed by atoms with Gasteiger partial charge in [-0.1, -0.05) is 49.3 Å². The van der Waals surface area contributed by atoms with E-state index in [9.17, 15) is 0 Å². The molecule has 0 saturated carbocycles. The molecule has 0 N–H and O–H groups in total. The lowest BCUT2D eigenvalue weighted by Gasteiger charge is -2.33. The number of hydrogen-bond donors (Lipinski definition) is 0. The van der Waals surface area contributed by atoms with Crippen LogP contribution in [0, 0.1) is 5.92 Å². The summed E-state index contributed by atoms with van der Waals surface area (Å²) in [4.78, 5) is 2.72. The molecule has 0 radical (unpaired) electrons. The normalized spacial score (nSPS) is 28.1. The minimum atomic E-state index is 0.531. The molecular weight excluding hydrogens is 218 g/mol. The van der Waals surface area contributed by atoms with E-state index in [0.717, 1.165) is 0 Å². The molecule has 2 aliphatic rings. The highest BCUT2D eigenvalue weighted by Gasteiger charge is 2.48. The van der Waals surface area contributed by atoms with Gasteiger partial charge in [0.1, 0.15) is 0 Å². The fourth-order valence-electron chi connectivity index (χ4n) is 3.64. The predicted molar refractivity (Wildman–Crippen MR) is 76.4 cm³/mol. The van der Waals surface area contributed by atoms with Crippen molar-refractivity contribution >= 4 is 0 Å². The Balaban J connectivity index is 2.10. The summed E-state index contributed by atoms with van der Waals surface area (Å²) in [6.45, 7) is 11.7. The third-order valence-corrected chi connectivity index (χ3v) is 5.06. The largest absolute Gasteiger partial charge is 0.279 e. The maximum Gasteiger partial charge on any atom is 0.0576 e. The zero-order valence-electron chi connectivity index (χ0n) is 12.1. The van der Waals surface area contributed by atoms with E-state index in [-0.39, 0.29) is 0 Å². The third kappa shape index (κ3) is 1.37. The molecule has 1 heteroatoms. The highest BCUT2D eigenvalue weighted by Crippen LogP contribution is 2.57. The number of nitrogens with zero attached hydrogens (tertiary/aromatic N) is 1. The fourth-order valence-corrected chi connectivity index (χ4v) is 3.64. The highest BCUT2D eigenvalue weighted by atomic mass is 15.3. The molecule has 0 aliphatic carbocycles. The zero-order valence-corrected chi connectivity index (χ0v) is 12.1. The summed E-state index contributed by atoms with van der Waals surface area (Å²) in [5, 5.41) is 0. The van der Waals surface area contributed by atoms with Crippen molar-refractivity contribution in [2.45, 2.75) is 52.7 Å². The van der Waals surface area contributed by atoms with Gasteiger partial charge in [0.05, 0.1) is 12.1 Å². The topological polar surface area (TPSA) is 3.24 Å². The second kappa shape index (κ2) is 3.96. The van der Waals surface area contributed by atoms with Crippen LogP contribution < -0.4 is 0 Å². The first-order chi connectivity index (χ1) is 8.54. The number of fused-ring (bicyclic) bond motifs is 5. The highest BCUT2D eigenvalue weighted by molar-refractivity contribution is 5.52. The molecule has 3 unspecified atom stereocenters. The summed E-state index contributed by atoms with van der Waals surface area (Å²) in [6.07, 6.45) is 0. The molecule has 1 aromatic rings. The Morgan fingerprint density at radius 2 is 1.33 bits per heavy atom. The van der Waals surface area contributed by atoms with Crippen LogP contribution in [-0.2, 0) is 0 Å². The van der Waals surface area contributed by atoms with Gasteiger partial charge in [0, 0.05) is 6.04 Å². The van der Waals surface area contributed by atoms with Crippen LogP contribution in [0.3, 0.4) is 0 Å². The predicted octanol–water partition coefficient (Wildman–Crippen LogP) is 4.48. The summed E-state index contributed by atoms with van der Waals surface area (Å²) >= 11 is 0. The van der Waals surface area contributed by atoms with Crippen LogP contribution in [0.5, 0.6) is 0 Å². The van der Waals surface area contributed by atoms with Crippen molar-refractivity contribution in [2.75, 3.05) is 0 Å². The molecule has 0 aromatic heterocycles. The molecule has 1 nitrogen and oxygen atoms in total. The SMILES string of the molecule is CC1=C(C)C2c3ccccc3C1N2C(C)C(C)C. The van der Waals surface area contributed by atoms with Gasteiger partial charge in [0.15, 0.2) is 0 Å². The summed E-state index contributed by atoms with van der Waals surface area (Å²) in [7, 11) is 0. The first-order valence-corrected chi connectivity index (χ1v) is 7.07. The first-order valence-electron chi connectivity index (χ1n) is 7.07. The molecule has 3 rings (SSSR count). The smallest absolute Gasteiger partial charge is 0.0576 e. The van der Waals surface area contributed by atoms with Crippen molar-refractivity contribution in [1.29, 1.82) is 0 Å². The van der Waals surface area contributed by atoms with Crippen LogP contribution >= 0.6 is 0 Å². The van der Waals surface area contributed by atoms with Gasteiger partial charge in [-0.3, -0.25) is 4.90 Å². The Morgan fingerprint density at radius 1 is 0.889 bits per heavy atom. The Bertz CT molecular complexity index is 473. The molecular formula is C17H23N. The van der Waals surface area contributed by atoms with E-state index < -0.39 is 0 Å². The Hall–Kier alpha value is -1.08. The number of benzene rings is 1. The van der Waals surface area contributed by atoms with E-state index >= 15 is 0 Å². The fraction of sp³-hybridized carbons (Fsp3) is 0.529. The monoisotopic (exact) mass is 241 g/mol. The van der Waals surface area contributed by atoms with Gasteiger partial charge in [0.25, 0.3) is 0 Å². The molecule has 2 aliphatic heterocycles. The number of rotatable bonds is 2. The summed E-state index contributed by atoms with van der Waals surface area (Å²) < 4.78 is 0. The molecule has 18 heavy (non-hydrogen) atoms. The van der Waals surface area contributed by atoms with Crippen molar-refractivity contribution in [1.82, 2.24) is 4.90 Å². The van der Waals surface area contributed by atoms with Gasteiger partial charge >= 0.3 is 0 Å². The Labute approximate surface area is 111 Å². The van der Waals surface area contributed by atoms with E-state index in [1.807, 2.05) is 0 Å². The van der Waals surface area contributed by atoms with Gasteiger partial charge in [0.2, 0.25) is 0 Å². The minimum Gasteiger partial charge on any atom is -0.279 e. The van der Waals surface area contributed by atoms with Crippen molar-refractivity contribution < 1.29 is 0 Å². The van der Waals surface area contributed by atoms with E-state index in [1.165, 1.54) is 11.1 Å². The molecule has 0 spiro atoms. The molecule has 3 atom stereocenters. The van der Waals surface area contributed by atoms with Crippen molar-refractivity contribution in [2.24, 2.45) is 5.92 Å². The second-order valence-corrected chi connectivity index (χ2v) is 6.23. The summed E-state index contributed by atoms with van der Waals surface area (Å²) in [6, 6.07) is 10.7. The van der Waals surface area contributed by atoms with Crippen molar-refractivity contribution in [3.05, 3.63) is 46.5 Å². The van der Waals surface area contributed by atoms with E-state index in [4.69, 9.17) is 0 Å². The molecule has 0 saturated heterocycles. The van der Waals surface area contributed by atoms with Crippen LogP contribution in [-0.4, -0.2) is 10.9 Å². The van der Waals surface area contributed by atoms with Crippen molar-refractivity contribution in [3.63, 3.8) is 0 Å². The van der Waals surface area contributed by atoms with E-state index in [1.54, 1.807) is 11.1 Å². The maximum absolute atomic E-state index is 2.72. The molecule has 2 heterocycles. The standard InChI is InChI=1S/C17H23N/c1-10(2)13(5)18-16-11(3)12(4)17(18)15-9-7-6-8-14(15)16/h6-10,13,16-17H,1-5H3. The van der Waals surface area contributed by atoms with Crippen LogP contribution in [0.4, 0.5) is 0 Å². The van der Waals surface area contributed by atoms with Crippen molar-refractivity contribution in [3.8, 4) is 0 Å². The van der Waals surface area contributed by atoms with Crippen LogP contribution in [0.15, 0.2) is 35.4 Å². The summed E-state index contributed by atoms with van der Waals surface area (Å²) in [5.74, 6) is 0.697. The average Bonchev–Trinajstić information content (AvgIpc) is 2.81. The average molecular weight is 241 g/mol. The second-order valence-electron chi connectivity index (χ2n) is 6.23. The lowest BCUT2D eigenvalue weighted by atomic mass is 9.88. The first kappa shape index (κ1) is 12.0. The van der Waals surface area contributed by atoms with Gasteiger partial charge in [-0.15, -0.1) is 0 Å². The Kier molecular flexibility index (Phi) is 2.63. The number of hydrogen-bond acceptors (Lipinski definition) is 1.